The third-order valence-corrected chi connectivity index (χ3v) is 3.02. The number of hydrogen-bond acceptors (Lipinski definition) is 4. The van der Waals surface area contributed by atoms with Crippen LogP contribution in [0.4, 0.5) is 4.79 Å². The van der Waals surface area contributed by atoms with E-state index in [-0.39, 0.29) is 0 Å². The van der Waals surface area contributed by atoms with E-state index in [1.165, 1.54) is 7.11 Å². The van der Waals surface area contributed by atoms with E-state index in [9.17, 15) is 4.79 Å². The van der Waals surface area contributed by atoms with Crippen molar-refractivity contribution in [3.05, 3.63) is 65.7 Å². The van der Waals surface area contributed by atoms with Crippen LogP contribution in [0.1, 0.15) is 18.1 Å². The van der Waals surface area contributed by atoms with E-state index in [1.807, 2.05) is 54.6 Å². The molecule has 0 aromatic heterocycles. The molecule has 0 fully saturated rings. The molecule has 2 aromatic carbocycles. The minimum atomic E-state index is -0.595. The van der Waals surface area contributed by atoms with Crippen molar-refractivity contribution in [2.45, 2.75) is 13.5 Å². The van der Waals surface area contributed by atoms with E-state index >= 15 is 0 Å². The summed E-state index contributed by atoms with van der Waals surface area (Å²) in [5.41, 5.74) is 4.98. The van der Waals surface area contributed by atoms with Crippen molar-refractivity contribution in [3.8, 4) is 5.75 Å². The van der Waals surface area contributed by atoms with Crippen LogP contribution in [0.5, 0.6) is 5.75 Å². The molecule has 0 saturated heterocycles. The van der Waals surface area contributed by atoms with E-state index in [1.54, 1.807) is 6.92 Å². The number of rotatable bonds is 5. The Bertz CT molecular complexity index is 637. The predicted molar refractivity (Wildman–Crippen MR) is 85.0 cm³/mol. The lowest BCUT2D eigenvalue weighted by Crippen LogP contribution is -2.18. The highest BCUT2D eigenvalue weighted by Crippen LogP contribution is 2.14. The molecule has 1 amide bonds. The molecule has 2 aromatic rings. The molecule has 0 bridgehead atoms. The SMILES string of the molecule is COC(=O)N/N=C(/C)c1ccc(OCc2ccccc2)cc1. The van der Waals surface area contributed by atoms with E-state index in [0.717, 1.165) is 16.9 Å². The van der Waals surface area contributed by atoms with Crippen molar-refractivity contribution >= 4 is 11.8 Å². The molecule has 0 atom stereocenters. The average Bonchev–Trinajstić information content (AvgIpc) is 2.59. The van der Waals surface area contributed by atoms with Crippen LogP contribution < -0.4 is 10.2 Å². The van der Waals surface area contributed by atoms with Gasteiger partial charge in [-0.2, -0.15) is 5.10 Å². The highest BCUT2D eigenvalue weighted by atomic mass is 16.5. The minimum absolute atomic E-state index is 0.525. The fourth-order valence-corrected chi connectivity index (χ4v) is 1.77. The zero-order valence-corrected chi connectivity index (χ0v) is 12.6. The first kappa shape index (κ1) is 15.6. The van der Waals surface area contributed by atoms with Crippen molar-refractivity contribution < 1.29 is 14.3 Å². The van der Waals surface area contributed by atoms with Gasteiger partial charge < -0.3 is 9.47 Å². The molecule has 0 radical (unpaired) electrons. The number of hydrazone groups is 1. The number of hydrogen-bond donors (Lipinski definition) is 1. The number of carbonyl (C=O) groups is 1. The molecular weight excluding hydrogens is 280 g/mol. The molecular formula is C17H18N2O3. The number of methoxy groups -OCH3 is 1. The van der Waals surface area contributed by atoms with Crippen LogP contribution in [-0.2, 0) is 11.3 Å². The van der Waals surface area contributed by atoms with Crippen molar-refractivity contribution in [1.82, 2.24) is 5.43 Å². The molecule has 0 saturated carbocycles. The Hall–Kier alpha value is -2.82. The van der Waals surface area contributed by atoms with Gasteiger partial charge in [-0.1, -0.05) is 30.3 Å². The van der Waals surface area contributed by atoms with Crippen molar-refractivity contribution in [2.75, 3.05) is 7.11 Å². The van der Waals surface area contributed by atoms with E-state index in [2.05, 4.69) is 15.3 Å². The summed E-state index contributed by atoms with van der Waals surface area (Å²) < 4.78 is 10.2. The van der Waals surface area contributed by atoms with Crippen LogP contribution in [0.25, 0.3) is 0 Å². The lowest BCUT2D eigenvalue weighted by molar-refractivity contribution is 0.171. The summed E-state index contributed by atoms with van der Waals surface area (Å²) in [6, 6.07) is 17.5. The molecule has 0 aliphatic rings. The van der Waals surface area contributed by atoms with Crippen LogP contribution in [0.3, 0.4) is 0 Å². The summed E-state index contributed by atoms with van der Waals surface area (Å²) in [5, 5.41) is 3.94. The van der Waals surface area contributed by atoms with Crippen LogP contribution in [0.2, 0.25) is 0 Å². The molecule has 2 rings (SSSR count). The second kappa shape index (κ2) is 7.83. The first-order valence-electron chi connectivity index (χ1n) is 6.84. The van der Waals surface area contributed by atoms with Crippen LogP contribution in [0.15, 0.2) is 59.7 Å². The number of ether oxygens (including phenoxy) is 2. The maximum absolute atomic E-state index is 11.0. The summed E-state index contributed by atoms with van der Waals surface area (Å²) in [5.74, 6) is 0.779. The molecule has 0 aliphatic carbocycles. The Morgan fingerprint density at radius 3 is 2.41 bits per heavy atom. The van der Waals surface area contributed by atoms with Gasteiger partial charge in [-0.05, 0) is 42.3 Å². The van der Waals surface area contributed by atoms with Gasteiger partial charge in [0, 0.05) is 0 Å². The van der Waals surface area contributed by atoms with Gasteiger partial charge in [-0.3, -0.25) is 0 Å². The molecule has 5 nitrogen and oxygen atoms in total. The molecule has 22 heavy (non-hydrogen) atoms. The van der Waals surface area contributed by atoms with E-state index < -0.39 is 6.09 Å². The quantitative estimate of drug-likeness (QED) is 0.680. The molecule has 114 valence electrons. The van der Waals surface area contributed by atoms with Crippen molar-refractivity contribution in [2.24, 2.45) is 5.10 Å². The second-order valence-corrected chi connectivity index (χ2v) is 4.60. The van der Waals surface area contributed by atoms with E-state index in [0.29, 0.717) is 12.3 Å². The summed E-state index contributed by atoms with van der Waals surface area (Å²) in [6.45, 7) is 2.33. The fourth-order valence-electron chi connectivity index (χ4n) is 1.77. The molecule has 1 N–H and O–H groups in total. The Morgan fingerprint density at radius 2 is 1.77 bits per heavy atom. The first-order valence-corrected chi connectivity index (χ1v) is 6.84. The monoisotopic (exact) mass is 298 g/mol. The van der Waals surface area contributed by atoms with Gasteiger partial charge in [0.15, 0.2) is 0 Å². The number of benzene rings is 2. The molecule has 0 aliphatic heterocycles. The Morgan fingerprint density at radius 1 is 1.09 bits per heavy atom. The normalized spacial score (nSPS) is 10.9. The Kier molecular flexibility index (Phi) is 5.54. The number of amides is 1. The molecule has 0 heterocycles. The zero-order chi connectivity index (χ0) is 15.8. The summed E-state index contributed by atoms with van der Waals surface area (Å²) in [6.07, 6.45) is -0.595. The van der Waals surface area contributed by atoms with Crippen LogP contribution in [0, 0.1) is 0 Å². The second-order valence-electron chi connectivity index (χ2n) is 4.60. The topological polar surface area (TPSA) is 59.9 Å². The fraction of sp³-hybridized carbons (Fsp3) is 0.176. The zero-order valence-electron chi connectivity index (χ0n) is 12.6. The molecule has 5 heteroatoms. The van der Waals surface area contributed by atoms with Gasteiger partial charge in [0.05, 0.1) is 12.8 Å². The van der Waals surface area contributed by atoms with Gasteiger partial charge in [-0.15, -0.1) is 0 Å². The first-order chi connectivity index (χ1) is 10.7. The van der Waals surface area contributed by atoms with E-state index in [4.69, 9.17) is 4.74 Å². The van der Waals surface area contributed by atoms with Gasteiger partial charge in [0.25, 0.3) is 0 Å². The number of nitrogens with zero attached hydrogens (tertiary/aromatic N) is 1. The molecule has 0 unspecified atom stereocenters. The van der Waals surface area contributed by atoms with Crippen LogP contribution >= 0.6 is 0 Å². The van der Waals surface area contributed by atoms with Crippen LogP contribution in [-0.4, -0.2) is 18.9 Å². The van der Waals surface area contributed by atoms with Gasteiger partial charge in [0.1, 0.15) is 12.4 Å². The van der Waals surface area contributed by atoms with Gasteiger partial charge in [0.2, 0.25) is 0 Å². The summed E-state index contributed by atoms with van der Waals surface area (Å²) in [7, 11) is 1.29. The number of carbonyl (C=O) groups excluding carboxylic acids is 1. The Balaban J connectivity index is 1.93. The smallest absolute Gasteiger partial charge is 0.427 e. The minimum Gasteiger partial charge on any atom is -0.489 e. The summed E-state index contributed by atoms with van der Waals surface area (Å²) in [4.78, 5) is 11.0. The molecule has 0 spiro atoms. The van der Waals surface area contributed by atoms with Gasteiger partial charge >= 0.3 is 6.09 Å². The van der Waals surface area contributed by atoms with Crippen molar-refractivity contribution in [3.63, 3.8) is 0 Å². The summed E-state index contributed by atoms with van der Waals surface area (Å²) >= 11 is 0. The average molecular weight is 298 g/mol. The maximum atomic E-state index is 11.0. The highest BCUT2D eigenvalue weighted by molar-refractivity contribution is 5.99. The highest BCUT2D eigenvalue weighted by Gasteiger charge is 2.01. The predicted octanol–water partition coefficient (Wildman–Crippen LogP) is 3.35. The largest absolute Gasteiger partial charge is 0.489 e. The van der Waals surface area contributed by atoms with Gasteiger partial charge in [-0.25, -0.2) is 10.2 Å². The third-order valence-electron chi connectivity index (χ3n) is 3.02. The van der Waals surface area contributed by atoms with Crippen molar-refractivity contribution in [1.29, 1.82) is 0 Å². The third kappa shape index (κ3) is 4.63. The number of nitrogens with one attached hydrogen (secondary N) is 1. The maximum Gasteiger partial charge on any atom is 0.427 e. The Labute approximate surface area is 129 Å². The lowest BCUT2D eigenvalue weighted by Gasteiger charge is -2.07. The standard InChI is InChI=1S/C17H18N2O3/c1-13(18-19-17(20)21-2)15-8-10-16(11-9-15)22-12-14-6-4-3-5-7-14/h3-11H,12H2,1-2H3,(H,19,20)/b18-13-. The lowest BCUT2D eigenvalue weighted by atomic mass is 10.1.